The highest BCUT2D eigenvalue weighted by Gasteiger charge is 2.01. The predicted octanol–water partition coefficient (Wildman–Crippen LogP) is 0.995. The summed E-state index contributed by atoms with van der Waals surface area (Å²) >= 11 is 0. The van der Waals surface area contributed by atoms with Gasteiger partial charge in [-0.2, -0.15) is 0 Å². The van der Waals surface area contributed by atoms with Crippen LogP contribution in [0, 0.1) is 0 Å². The van der Waals surface area contributed by atoms with Crippen molar-refractivity contribution in [2.75, 3.05) is 7.05 Å². The van der Waals surface area contributed by atoms with Gasteiger partial charge in [-0.15, -0.1) is 12.4 Å². The fourth-order valence-electron chi connectivity index (χ4n) is 1.10. The summed E-state index contributed by atoms with van der Waals surface area (Å²) in [7, 11) is 1.83. The van der Waals surface area contributed by atoms with E-state index in [2.05, 4.69) is 12.2 Å². The Labute approximate surface area is 93.5 Å². The average molecular weight is 222 g/mol. The van der Waals surface area contributed by atoms with Crippen molar-refractivity contribution in [1.82, 2.24) is 5.32 Å². The van der Waals surface area contributed by atoms with E-state index in [0.717, 1.165) is 19.3 Å². The molecule has 0 aliphatic heterocycles. The Morgan fingerprint density at radius 1 is 1.64 bits per heavy atom. The summed E-state index contributed by atoms with van der Waals surface area (Å²) in [6, 6.07) is 0.151. The van der Waals surface area contributed by atoms with E-state index in [1.54, 1.807) is 13.0 Å². The van der Waals surface area contributed by atoms with Crippen molar-refractivity contribution in [1.29, 1.82) is 0 Å². The Bertz CT molecular complexity index is 198. The van der Waals surface area contributed by atoms with Crippen LogP contribution in [0.5, 0.6) is 0 Å². The van der Waals surface area contributed by atoms with Crippen LogP contribution >= 0.6 is 12.4 Å². The number of hydrogen-bond donors (Lipinski definition) is 1. The van der Waals surface area contributed by atoms with Crippen LogP contribution in [0.2, 0.25) is 0 Å². The van der Waals surface area contributed by atoms with Crippen molar-refractivity contribution in [3.05, 3.63) is 11.6 Å². The fourth-order valence-corrected chi connectivity index (χ4v) is 1.10. The monoisotopic (exact) mass is 221 g/mol. The molecule has 0 spiro atoms. The van der Waals surface area contributed by atoms with Crippen LogP contribution in [-0.2, 0) is 4.79 Å². The second kappa shape index (κ2) is 9.03. The number of carbonyl (C=O) groups excluding carboxylic acids is 1. The van der Waals surface area contributed by atoms with Crippen molar-refractivity contribution in [2.24, 2.45) is 0 Å². The number of aliphatic carboxylic acids is 1. The first-order valence-electron chi connectivity index (χ1n) is 4.68. The Balaban J connectivity index is -0.000000720. The number of halogens is 1. The molecular formula is C10H20ClNO2. The van der Waals surface area contributed by atoms with Crippen LogP contribution in [-0.4, -0.2) is 19.1 Å². The smallest absolute Gasteiger partial charge is 0.545 e. The van der Waals surface area contributed by atoms with Gasteiger partial charge in [0.25, 0.3) is 0 Å². The molecule has 0 fully saturated rings. The molecule has 0 aromatic carbocycles. The van der Waals surface area contributed by atoms with Gasteiger partial charge in [0.2, 0.25) is 0 Å². The molecule has 1 atom stereocenters. The highest BCUT2D eigenvalue weighted by atomic mass is 35.5. The van der Waals surface area contributed by atoms with E-state index in [0.29, 0.717) is 5.57 Å². The van der Waals surface area contributed by atoms with Crippen LogP contribution < -0.4 is 10.4 Å². The van der Waals surface area contributed by atoms with Crippen LogP contribution in [0.4, 0.5) is 0 Å². The number of carboxylic acids is 1. The van der Waals surface area contributed by atoms with Crippen molar-refractivity contribution in [3.63, 3.8) is 0 Å². The predicted molar refractivity (Wildman–Crippen MR) is 59.5 cm³/mol. The van der Waals surface area contributed by atoms with Gasteiger partial charge in [0.1, 0.15) is 0 Å². The number of unbranched alkanes of at least 4 members (excludes halogenated alkanes) is 1. The van der Waals surface area contributed by atoms with Gasteiger partial charge in [0, 0.05) is 6.04 Å². The second-order valence-electron chi connectivity index (χ2n) is 3.17. The van der Waals surface area contributed by atoms with Crippen LogP contribution in [0.15, 0.2) is 11.6 Å². The third kappa shape index (κ3) is 6.92. The largest absolute Gasteiger partial charge is 1.00 e. The molecule has 0 unspecified atom stereocenters. The Morgan fingerprint density at radius 2 is 2.21 bits per heavy atom. The third-order valence-electron chi connectivity index (χ3n) is 2.01. The molecule has 0 heterocycles. The summed E-state index contributed by atoms with van der Waals surface area (Å²) in [5.74, 6) is -1.09. The van der Waals surface area contributed by atoms with E-state index in [9.17, 15) is 9.90 Å². The summed E-state index contributed by atoms with van der Waals surface area (Å²) in [6.45, 7) is 3.67. The standard InChI is InChI=1S/C10H19NO2.ClH/c1-4-5-6-9(11-3)7-8(2)10(12)13;/h7,9,11H,4-6H2,1-3H3,(H,12,13);1H/b8-7+;/t9-;/m0./s1. The van der Waals surface area contributed by atoms with Gasteiger partial charge in [0.05, 0.1) is 5.97 Å². The lowest BCUT2D eigenvalue weighted by Crippen LogP contribution is -2.27. The number of nitrogens with one attached hydrogen (secondary N) is 1. The maximum absolute atomic E-state index is 10.4. The lowest BCUT2D eigenvalue weighted by atomic mass is 10.1. The zero-order valence-electron chi connectivity index (χ0n) is 10.0. The number of rotatable bonds is 6. The van der Waals surface area contributed by atoms with Crippen molar-refractivity contribution >= 4 is 18.4 Å². The quantitative estimate of drug-likeness (QED) is 0.681. The van der Waals surface area contributed by atoms with Crippen molar-refractivity contribution in [3.8, 4) is 0 Å². The normalized spacial score (nSPS) is 13.2. The molecule has 0 saturated carbocycles. The van der Waals surface area contributed by atoms with E-state index in [1.807, 2.05) is 7.05 Å². The Kier molecular flexibility index (Phi) is 10.3. The van der Waals surface area contributed by atoms with Crippen LogP contribution in [0.1, 0.15) is 34.5 Å². The summed E-state index contributed by atoms with van der Waals surface area (Å²) < 4.78 is 0. The molecule has 0 saturated heterocycles. The topological polar surface area (TPSA) is 52.2 Å². The van der Waals surface area contributed by atoms with Gasteiger partial charge < -0.3 is 15.2 Å². The molecule has 0 radical (unpaired) electrons. The minimum absolute atomic E-state index is 0. The molecular weight excluding hydrogens is 202 g/mol. The van der Waals surface area contributed by atoms with Gasteiger partial charge in [-0.05, 0) is 26.0 Å². The molecule has 0 aromatic rings. The molecule has 0 aromatic heterocycles. The second-order valence-corrected chi connectivity index (χ2v) is 3.17. The number of carbonyl (C=O) groups is 1. The molecule has 0 amide bonds. The fraction of sp³-hybridized carbons (Fsp3) is 0.700. The Morgan fingerprint density at radius 3 is 2.57 bits per heavy atom. The number of carboxylic acid groups (broad SMARTS) is 1. The lowest BCUT2D eigenvalue weighted by molar-refractivity contribution is -0.299. The van der Waals surface area contributed by atoms with Crippen LogP contribution in [0.3, 0.4) is 0 Å². The summed E-state index contributed by atoms with van der Waals surface area (Å²) in [6.07, 6.45) is 4.90. The highest BCUT2D eigenvalue weighted by Crippen LogP contribution is 2.04. The van der Waals surface area contributed by atoms with Gasteiger partial charge in [-0.25, -0.2) is 0 Å². The first-order valence-corrected chi connectivity index (χ1v) is 4.68. The number of likely N-dealkylation sites (N-methyl/N-ethyl adjacent to an activating group) is 1. The maximum atomic E-state index is 10.4. The first kappa shape index (κ1) is 15.9. The first-order chi connectivity index (χ1) is 6.11. The minimum atomic E-state index is -1.09. The summed E-state index contributed by atoms with van der Waals surface area (Å²) in [5.41, 5.74) is 0.301. The van der Waals surface area contributed by atoms with Crippen LogP contribution in [0.25, 0.3) is 0 Å². The van der Waals surface area contributed by atoms with Gasteiger partial charge in [-0.3, -0.25) is 0 Å². The van der Waals surface area contributed by atoms with E-state index in [1.165, 1.54) is 0 Å². The minimum Gasteiger partial charge on any atom is -0.545 e. The molecule has 84 valence electrons. The Hall–Kier alpha value is -0.540. The van der Waals surface area contributed by atoms with Crippen molar-refractivity contribution < 1.29 is 11.3 Å². The highest BCUT2D eigenvalue weighted by molar-refractivity contribution is 5.85. The molecule has 4 heteroatoms. The van der Waals surface area contributed by atoms with E-state index in [-0.39, 0.29) is 19.9 Å². The zero-order valence-corrected chi connectivity index (χ0v) is 9.82. The molecule has 0 aliphatic carbocycles. The molecule has 0 bridgehead atoms. The van der Waals surface area contributed by atoms with E-state index in [4.69, 9.17) is 0 Å². The molecule has 0 aliphatic rings. The molecule has 14 heavy (non-hydrogen) atoms. The molecule has 1 N–H and O–H groups in total. The molecule has 0 rings (SSSR count). The average Bonchev–Trinajstić information content (AvgIpc) is 2.11. The third-order valence-corrected chi connectivity index (χ3v) is 2.01. The summed E-state index contributed by atoms with van der Waals surface area (Å²) in [4.78, 5) is 10.4. The molecule has 3 nitrogen and oxygen atoms in total. The SMILES string of the molecule is CCCC[C@@H](/C=C(\C)C(=O)[O-])NC.Cl.[H+]. The van der Waals surface area contributed by atoms with E-state index < -0.39 is 5.97 Å². The zero-order chi connectivity index (χ0) is 10.3. The van der Waals surface area contributed by atoms with Gasteiger partial charge in [0.15, 0.2) is 0 Å². The van der Waals surface area contributed by atoms with Crippen molar-refractivity contribution in [2.45, 2.75) is 39.2 Å². The lowest BCUT2D eigenvalue weighted by Gasteiger charge is -2.13. The van der Waals surface area contributed by atoms with Gasteiger partial charge in [-0.1, -0.05) is 25.8 Å². The maximum Gasteiger partial charge on any atom is 1.00 e. The summed E-state index contributed by atoms with van der Waals surface area (Å²) in [5, 5.41) is 13.5. The number of hydrogen-bond acceptors (Lipinski definition) is 3. The van der Waals surface area contributed by atoms with E-state index >= 15 is 0 Å². The van der Waals surface area contributed by atoms with Gasteiger partial charge >= 0.3 is 1.43 Å².